The number of primary amides is 1. The van der Waals surface area contributed by atoms with Gasteiger partial charge < -0.3 is 16.0 Å². The van der Waals surface area contributed by atoms with E-state index in [0.29, 0.717) is 24.5 Å². The third-order valence-electron chi connectivity index (χ3n) is 4.87. The highest BCUT2D eigenvalue weighted by Crippen LogP contribution is 2.37. The molecule has 3 amide bonds. The fourth-order valence-corrected chi connectivity index (χ4v) is 5.35. The zero-order chi connectivity index (χ0) is 22.2. The van der Waals surface area contributed by atoms with Crippen molar-refractivity contribution in [2.45, 2.75) is 24.8 Å². The van der Waals surface area contributed by atoms with Crippen LogP contribution in [0.3, 0.4) is 0 Å². The Hall–Kier alpha value is -2.76. The molecule has 0 saturated heterocycles. The lowest BCUT2D eigenvalue weighted by atomic mass is 10.0. The van der Waals surface area contributed by atoms with Gasteiger partial charge in [-0.05, 0) is 36.2 Å². The Bertz CT molecular complexity index is 1120. The number of hydrogen-bond donors (Lipinski definition) is 2. The van der Waals surface area contributed by atoms with Gasteiger partial charge in [-0.15, -0.1) is 11.3 Å². The first kappa shape index (κ1) is 21.9. The van der Waals surface area contributed by atoms with Gasteiger partial charge in [0, 0.05) is 38.0 Å². The molecule has 1 aromatic carbocycles. The smallest absolute Gasteiger partial charge is 0.256 e. The first-order valence-corrected chi connectivity index (χ1v) is 11.3. The van der Waals surface area contributed by atoms with Crippen LogP contribution in [0, 0.1) is 0 Å². The molecule has 0 radical (unpaired) electrons. The number of amides is 3. The van der Waals surface area contributed by atoms with E-state index in [9.17, 15) is 22.8 Å². The molecule has 0 spiro atoms. The highest BCUT2D eigenvalue weighted by atomic mass is 32.2. The van der Waals surface area contributed by atoms with Crippen LogP contribution in [0.25, 0.3) is 0 Å². The molecule has 11 heteroatoms. The zero-order valence-electron chi connectivity index (χ0n) is 16.8. The molecule has 0 fully saturated rings. The third kappa shape index (κ3) is 4.09. The van der Waals surface area contributed by atoms with Gasteiger partial charge in [0.25, 0.3) is 11.8 Å². The number of nitrogens with one attached hydrogen (secondary N) is 1. The normalized spacial score (nSPS) is 13.8. The predicted molar refractivity (Wildman–Crippen MR) is 113 cm³/mol. The summed E-state index contributed by atoms with van der Waals surface area (Å²) in [6, 6.07) is 5.51. The van der Waals surface area contributed by atoms with Crippen LogP contribution in [0.1, 0.15) is 38.1 Å². The molecule has 1 aliphatic rings. The van der Waals surface area contributed by atoms with E-state index in [2.05, 4.69) is 5.32 Å². The number of anilines is 1. The fourth-order valence-electron chi connectivity index (χ4n) is 3.19. The van der Waals surface area contributed by atoms with Crippen molar-refractivity contribution in [3.05, 3.63) is 45.8 Å². The minimum Gasteiger partial charge on any atom is -0.365 e. The lowest BCUT2D eigenvalue weighted by Gasteiger charge is -2.25. The van der Waals surface area contributed by atoms with E-state index < -0.39 is 21.8 Å². The summed E-state index contributed by atoms with van der Waals surface area (Å²) in [5.41, 5.74) is 6.81. The van der Waals surface area contributed by atoms with E-state index in [1.165, 1.54) is 56.6 Å². The highest BCUT2D eigenvalue weighted by Gasteiger charge is 2.28. The van der Waals surface area contributed by atoms with Gasteiger partial charge >= 0.3 is 0 Å². The molecular weight excluding hydrogens is 428 g/mol. The molecule has 2 heterocycles. The molecule has 0 unspecified atom stereocenters. The molecule has 1 aliphatic heterocycles. The Labute approximate surface area is 178 Å². The van der Waals surface area contributed by atoms with E-state index in [4.69, 9.17) is 5.73 Å². The largest absolute Gasteiger partial charge is 0.365 e. The van der Waals surface area contributed by atoms with Crippen LogP contribution in [0.4, 0.5) is 5.00 Å². The maximum absolute atomic E-state index is 12.7. The zero-order valence-corrected chi connectivity index (χ0v) is 18.4. The van der Waals surface area contributed by atoms with Crippen LogP contribution in [0.15, 0.2) is 29.2 Å². The summed E-state index contributed by atoms with van der Waals surface area (Å²) in [6.45, 7) is 2.33. The lowest BCUT2D eigenvalue weighted by molar-refractivity contribution is -0.129. The van der Waals surface area contributed by atoms with E-state index in [0.717, 1.165) is 14.7 Å². The molecule has 0 bridgehead atoms. The molecule has 160 valence electrons. The Morgan fingerprint density at radius 1 is 1.17 bits per heavy atom. The summed E-state index contributed by atoms with van der Waals surface area (Å²) in [4.78, 5) is 38.9. The van der Waals surface area contributed by atoms with Gasteiger partial charge in [-0.2, -0.15) is 0 Å². The standard InChI is InChI=1S/C19H22N4O5S2/c1-11(24)23-9-8-14-15(10-23)29-19(16(14)17(20)25)21-18(26)12-4-6-13(7-5-12)30(27,28)22(2)3/h4-7H,8-10H2,1-3H3,(H2,20,25)(H,21,26). The number of sulfonamides is 1. The van der Waals surface area contributed by atoms with Gasteiger partial charge in [0.05, 0.1) is 17.0 Å². The Kier molecular flexibility index (Phi) is 5.97. The van der Waals surface area contributed by atoms with E-state index in [-0.39, 0.29) is 21.9 Å². The summed E-state index contributed by atoms with van der Waals surface area (Å²) in [6.07, 6.45) is 0.483. The lowest BCUT2D eigenvalue weighted by Crippen LogP contribution is -2.34. The van der Waals surface area contributed by atoms with E-state index in [1.807, 2.05) is 0 Å². The quantitative estimate of drug-likeness (QED) is 0.708. The Balaban J connectivity index is 1.87. The maximum atomic E-state index is 12.7. The number of hydrogen-bond acceptors (Lipinski definition) is 6. The number of thiophene rings is 1. The Morgan fingerprint density at radius 2 is 1.80 bits per heavy atom. The number of carbonyl (C=O) groups excluding carboxylic acids is 3. The van der Waals surface area contributed by atoms with Crippen molar-refractivity contribution in [1.82, 2.24) is 9.21 Å². The molecular formula is C19H22N4O5S2. The molecule has 2 aromatic rings. The summed E-state index contributed by atoms with van der Waals surface area (Å²) < 4.78 is 25.4. The van der Waals surface area contributed by atoms with Crippen molar-refractivity contribution < 1.29 is 22.8 Å². The summed E-state index contributed by atoms with van der Waals surface area (Å²) in [7, 11) is -0.753. The molecule has 0 aliphatic carbocycles. The molecule has 9 nitrogen and oxygen atoms in total. The number of benzene rings is 1. The van der Waals surface area contributed by atoms with Crippen molar-refractivity contribution in [3.8, 4) is 0 Å². The monoisotopic (exact) mass is 450 g/mol. The average Bonchev–Trinajstić information content (AvgIpc) is 3.04. The van der Waals surface area contributed by atoms with Crippen LogP contribution in [0.2, 0.25) is 0 Å². The van der Waals surface area contributed by atoms with Crippen LogP contribution in [-0.4, -0.2) is 56.0 Å². The van der Waals surface area contributed by atoms with Crippen molar-refractivity contribution in [3.63, 3.8) is 0 Å². The van der Waals surface area contributed by atoms with Gasteiger partial charge in [-0.1, -0.05) is 0 Å². The molecule has 3 N–H and O–H groups in total. The minimum atomic E-state index is -3.60. The van der Waals surface area contributed by atoms with Gasteiger partial charge in [-0.3, -0.25) is 14.4 Å². The van der Waals surface area contributed by atoms with E-state index >= 15 is 0 Å². The molecule has 3 rings (SSSR count). The number of nitrogens with two attached hydrogens (primary N) is 1. The number of nitrogens with zero attached hydrogens (tertiary/aromatic N) is 2. The Morgan fingerprint density at radius 3 is 2.33 bits per heavy atom. The first-order chi connectivity index (χ1) is 14.0. The first-order valence-electron chi connectivity index (χ1n) is 9.06. The second-order valence-electron chi connectivity index (χ2n) is 7.03. The SMILES string of the molecule is CC(=O)N1CCc2c(sc(NC(=O)c3ccc(S(=O)(=O)N(C)C)cc3)c2C(N)=O)C1. The van der Waals surface area contributed by atoms with Crippen LogP contribution < -0.4 is 11.1 Å². The van der Waals surface area contributed by atoms with Crippen molar-refractivity contribution >= 4 is 44.1 Å². The van der Waals surface area contributed by atoms with Crippen molar-refractivity contribution in [1.29, 1.82) is 0 Å². The van der Waals surface area contributed by atoms with Gasteiger partial charge in [0.1, 0.15) is 5.00 Å². The van der Waals surface area contributed by atoms with Crippen LogP contribution in [0.5, 0.6) is 0 Å². The highest BCUT2D eigenvalue weighted by molar-refractivity contribution is 7.89. The second-order valence-corrected chi connectivity index (χ2v) is 10.3. The van der Waals surface area contributed by atoms with Gasteiger partial charge in [0.15, 0.2) is 0 Å². The topological polar surface area (TPSA) is 130 Å². The van der Waals surface area contributed by atoms with Crippen molar-refractivity contribution in [2.75, 3.05) is 26.0 Å². The summed E-state index contributed by atoms with van der Waals surface area (Å²) in [5, 5.41) is 3.03. The number of fused-ring (bicyclic) bond motifs is 1. The predicted octanol–water partition coefficient (Wildman–Crippen LogP) is 1.25. The fraction of sp³-hybridized carbons (Fsp3) is 0.316. The third-order valence-corrected chi connectivity index (χ3v) is 7.83. The molecule has 0 saturated carbocycles. The number of carbonyl (C=O) groups is 3. The minimum absolute atomic E-state index is 0.0620. The van der Waals surface area contributed by atoms with Crippen LogP contribution in [-0.2, 0) is 27.8 Å². The van der Waals surface area contributed by atoms with Gasteiger partial charge in [-0.25, -0.2) is 12.7 Å². The number of rotatable bonds is 5. The van der Waals surface area contributed by atoms with Crippen LogP contribution >= 0.6 is 11.3 Å². The van der Waals surface area contributed by atoms with Crippen molar-refractivity contribution in [2.24, 2.45) is 5.73 Å². The molecule has 1 aromatic heterocycles. The summed E-state index contributed by atoms with van der Waals surface area (Å²) >= 11 is 1.22. The average molecular weight is 451 g/mol. The summed E-state index contributed by atoms with van der Waals surface area (Å²) in [5.74, 6) is -1.20. The molecule has 30 heavy (non-hydrogen) atoms. The van der Waals surface area contributed by atoms with E-state index in [1.54, 1.807) is 4.90 Å². The maximum Gasteiger partial charge on any atom is 0.256 e. The second kappa shape index (κ2) is 8.17. The van der Waals surface area contributed by atoms with Gasteiger partial charge in [0.2, 0.25) is 15.9 Å². The molecule has 0 atom stereocenters.